The van der Waals surface area contributed by atoms with Gasteiger partial charge in [0.1, 0.15) is 6.61 Å². The smallest absolute Gasteiger partial charge is 0.252 e. The summed E-state index contributed by atoms with van der Waals surface area (Å²) in [6, 6.07) is 0. The zero-order chi connectivity index (χ0) is 12.6. The fraction of sp³-hybridized carbons (Fsp3) is 0.308. The second-order valence-electron chi connectivity index (χ2n) is 3.41. The molecule has 0 N–H and O–H groups in total. The predicted octanol–water partition coefficient (Wildman–Crippen LogP) is 1.39. The van der Waals surface area contributed by atoms with E-state index in [1.165, 1.54) is 4.90 Å². The van der Waals surface area contributed by atoms with Crippen LogP contribution in [0.3, 0.4) is 0 Å². The first-order chi connectivity index (χ1) is 7.49. The molecule has 0 aromatic carbocycles. The van der Waals surface area contributed by atoms with Gasteiger partial charge in [-0.15, -0.1) is 6.42 Å². The van der Waals surface area contributed by atoms with E-state index >= 15 is 0 Å². The average molecular weight is 219 g/mol. The highest BCUT2D eigenvalue weighted by molar-refractivity contribution is 5.95. The van der Waals surface area contributed by atoms with Gasteiger partial charge in [0.05, 0.1) is 6.61 Å². The molecular weight excluding hydrogens is 202 g/mol. The van der Waals surface area contributed by atoms with E-state index < -0.39 is 0 Å². The van der Waals surface area contributed by atoms with Gasteiger partial charge in [-0.2, -0.15) is 0 Å². The van der Waals surface area contributed by atoms with Crippen LogP contribution in [-0.4, -0.2) is 38.1 Å². The van der Waals surface area contributed by atoms with Crippen molar-refractivity contribution >= 4 is 5.91 Å². The summed E-state index contributed by atoms with van der Waals surface area (Å²) in [5, 5.41) is 0. The Labute approximate surface area is 97.1 Å². The van der Waals surface area contributed by atoms with E-state index in [2.05, 4.69) is 19.1 Å². The molecule has 0 spiro atoms. The van der Waals surface area contributed by atoms with Crippen LogP contribution >= 0.6 is 0 Å². The van der Waals surface area contributed by atoms with Crippen LogP contribution in [0, 0.1) is 12.3 Å². The van der Waals surface area contributed by atoms with Gasteiger partial charge in [-0.05, 0) is 11.6 Å². The van der Waals surface area contributed by atoms with Crippen LogP contribution in [0.25, 0.3) is 0 Å². The molecule has 0 atom stereocenters. The normalized spacial score (nSPS) is 9.81. The van der Waals surface area contributed by atoms with Crippen LogP contribution < -0.4 is 0 Å². The third kappa shape index (κ3) is 5.84. The number of likely N-dealkylation sites (N-methyl/N-ethyl adjacent to an activating group) is 1. The van der Waals surface area contributed by atoms with Gasteiger partial charge in [-0.3, -0.25) is 4.79 Å². The van der Waals surface area contributed by atoms with E-state index in [9.17, 15) is 4.79 Å². The second-order valence-corrected chi connectivity index (χ2v) is 3.41. The Morgan fingerprint density at radius 1 is 1.44 bits per heavy atom. The SMILES string of the molecule is C#CCOCC(=C)/C=C\C(=C)C(=O)N(C)C. The van der Waals surface area contributed by atoms with Gasteiger partial charge in [0, 0.05) is 19.7 Å². The molecular formula is C13H17NO2. The van der Waals surface area contributed by atoms with Gasteiger partial charge in [0.2, 0.25) is 0 Å². The van der Waals surface area contributed by atoms with E-state index in [4.69, 9.17) is 11.2 Å². The van der Waals surface area contributed by atoms with Crippen molar-refractivity contribution in [3.8, 4) is 12.3 Å². The summed E-state index contributed by atoms with van der Waals surface area (Å²) in [6.07, 6.45) is 8.33. The van der Waals surface area contributed by atoms with E-state index in [0.717, 1.165) is 5.57 Å². The maximum Gasteiger partial charge on any atom is 0.252 e. The molecule has 0 saturated heterocycles. The highest BCUT2D eigenvalue weighted by Gasteiger charge is 2.04. The lowest BCUT2D eigenvalue weighted by Crippen LogP contribution is -2.22. The van der Waals surface area contributed by atoms with Crippen molar-refractivity contribution in [1.29, 1.82) is 0 Å². The summed E-state index contributed by atoms with van der Waals surface area (Å²) < 4.78 is 5.07. The summed E-state index contributed by atoms with van der Waals surface area (Å²) >= 11 is 0. The first-order valence-corrected chi connectivity index (χ1v) is 4.76. The van der Waals surface area contributed by atoms with Crippen LogP contribution in [0.15, 0.2) is 36.5 Å². The first-order valence-electron chi connectivity index (χ1n) is 4.76. The van der Waals surface area contributed by atoms with Gasteiger partial charge >= 0.3 is 0 Å². The topological polar surface area (TPSA) is 29.5 Å². The van der Waals surface area contributed by atoms with Crippen LogP contribution in [0.1, 0.15) is 0 Å². The Morgan fingerprint density at radius 2 is 2.06 bits per heavy atom. The molecule has 0 fully saturated rings. The van der Waals surface area contributed by atoms with Crippen molar-refractivity contribution in [2.45, 2.75) is 0 Å². The van der Waals surface area contributed by atoms with Gasteiger partial charge in [-0.25, -0.2) is 0 Å². The van der Waals surface area contributed by atoms with E-state index in [-0.39, 0.29) is 12.5 Å². The molecule has 0 aliphatic rings. The van der Waals surface area contributed by atoms with Crippen LogP contribution in [0.5, 0.6) is 0 Å². The number of nitrogens with zero attached hydrogens (tertiary/aromatic N) is 1. The molecule has 0 aliphatic heterocycles. The maximum absolute atomic E-state index is 11.4. The zero-order valence-electron chi connectivity index (χ0n) is 9.82. The lowest BCUT2D eigenvalue weighted by Gasteiger charge is -2.09. The number of hydrogen-bond acceptors (Lipinski definition) is 2. The highest BCUT2D eigenvalue weighted by Crippen LogP contribution is 2.01. The Kier molecular flexibility index (Phi) is 6.66. The highest BCUT2D eigenvalue weighted by atomic mass is 16.5. The third-order valence-corrected chi connectivity index (χ3v) is 1.67. The van der Waals surface area contributed by atoms with Gasteiger partial charge in [0.25, 0.3) is 5.91 Å². The molecule has 1 amide bonds. The summed E-state index contributed by atoms with van der Waals surface area (Å²) in [7, 11) is 3.35. The molecule has 16 heavy (non-hydrogen) atoms. The fourth-order valence-corrected chi connectivity index (χ4v) is 0.866. The molecule has 3 nitrogen and oxygen atoms in total. The lowest BCUT2D eigenvalue weighted by molar-refractivity contribution is -0.124. The van der Waals surface area contributed by atoms with E-state index in [1.807, 2.05) is 0 Å². The van der Waals surface area contributed by atoms with Crippen molar-refractivity contribution in [3.05, 3.63) is 36.5 Å². The lowest BCUT2D eigenvalue weighted by atomic mass is 10.2. The van der Waals surface area contributed by atoms with Crippen LogP contribution in [-0.2, 0) is 9.53 Å². The molecule has 3 heteroatoms. The molecule has 0 aromatic rings. The fourth-order valence-electron chi connectivity index (χ4n) is 0.866. The average Bonchev–Trinajstić information content (AvgIpc) is 2.25. The van der Waals surface area contributed by atoms with Crippen molar-refractivity contribution in [2.24, 2.45) is 0 Å². The monoisotopic (exact) mass is 219 g/mol. The molecule has 0 unspecified atom stereocenters. The molecule has 0 radical (unpaired) electrons. The summed E-state index contributed by atoms with van der Waals surface area (Å²) in [5.41, 5.74) is 1.14. The Hall–Kier alpha value is -1.79. The third-order valence-electron chi connectivity index (χ3n) is 1.67. The van der Waals surface area contributed by atoms with E-state index in [1.54, 1.807) is 26.2 Å². The minimum Gasteiger partial charge on any atom is -0.364 e. The van der Waals surface area contributed by atoms with Crippen molar-refractivity contribution in [1.82, 2.24) is 4.90 Å². The number of terminal acetylenes is 1. The maximum atomic E-state index is 11.4. The zero-order valence-corrected chi connectivity index (χ0v) is 9.82. The van der Waals surface area contributed by atoms with Gasteiger partial charge in [-0.1, -0.05) is 25.2 Å². The molecule has 0 aromatic heterocycles. The van der Waals surface area contributed by atoms with Gasteiger partial charge in [0.15, 0.2) is 0 Å². The summed E-state index contributed by atoms with van der Waals surface area (Å²) in [6.45, 7) is 8.01. The van der Waals surface area contributed by atoms with Crippen molar-refractivity contribution in [2.75, 3.05) is 27.3 Å². The summed E-state index contributed by atoms with van der Waals surface area (Å²) in [5.74, 6) is 2.22. The number of carbonyl (C=O) groups is 1. The molecule has 0 heterocycles. The van der Waals surface area contributed by atoms with Crippen molar-refractivity contribution < 1.29 is 9.53 Å². The van der Waals surface area contributed by atoms with Crippen molar-refractivity contribution in [3.63, 3.8) is 0 Å². The number of hydrogen-bond donors (Lipinski definition) is 0. The second kappa shape index (κ2) is 7.49. The Morgan fingerprint density at radius 3 is 2.56 bits per heavy atom. The largest absolute Gasteiger partial charge is 0.364 e. The predicted molar refractivity (Wildman–Crippen MR) is 65.8 cm³/mol. The number of carbonyl (C=O) groups excluding carboxylic acids is 1. The molecule has 0 bridgehead atoms. The Balaban J connectivity index is 4.09. The van der Waals surface area contributed by atoms with Crippen LogP contribution in [0.4, 0.5) is 0 Å². The molecule has 0 rings (SSSR count). The standard InChI is InChI=1S/C13H17NO2/c1-6-9-16-10-11(2)7-8-12(3)13(15)14(4)5/h1,7-8H,2-3,9-10H2,4-5H3/b8-7-. The first kappa shape index (κ1) is 14.2. The summed E-state index contributed by atoms with van der Waals surface area (Å²) in [4.78, 5) is 12.9. The van der Waals surface area contributed by atoms with Gasteiger partial charge < -0.3 is 9.64 Å². The van der Waals surface area contributed by atoms with E-state index in [0.29, 0.717) is 12.2 Å². The molecule has 0 saturated carbocycles. The molecule has 0 aliphatic carbocycles. The number of ether oxygens (including phenoxy) is 1. The minimum absolute atomic E-state index is 0.131. The number of amides is 1. The Bertz CT molecular complexity index is 345. The minimum atomic E-state index is -0.131. The molecule has 86 valence electrons. The number of rotatable bonds is 6. The quantitative estimate of drug-likeness (QED) is 0.292. The van der Waals surface area contributed by atoms with Crippen LogP contribution in [0.2, 0.25) is 0 Å².